The number of carbonyl (C=O) groups is 1. The Hall–Kier alpha value is -4.43. The molecule has 0 atom stereocenters. The van der Waals surface area contributed by atoms with Gasteiger partial charge in [0, 0.05) is 34.3 Å². The standard InChI is InChI=1S/C27H20N4O/c1-17-16-31(22-11-8-19(15-28)9-12-22)18(2)25(17)27-29-23-13-10-21(14-24(23)30-27)26(32)20-6-4-3-5-7-20/h3-14,16H,1-2H3,(H,29,30). The highest BCUT2D eigenvalue weighted by Crippen LogP contribution is 2.31. The Kier molecular flexibility index (Phi) is 4.68. The number of ketones is 1. The number of imidazole rings is 1. The van der Waals surface area contributed by atoms with E-state index in [1.165, 1.54) is 0 Å². The number of benzene rings is 3. The lowest BCUT2D eigenvalue weighted by Gasteiger charge is -2.07. The van der Waals surface area contributed by atoms with Crippen molar-refractivity contribution in [3.05, 3.63) is 107 Å². The first kappa shape index (κ1) is 19.5. The Morgan fingerprint density at radius 3 is 2.44 bits per heavy atom. The van der Waals surface area contributed by atoms with Gasteiger partial charge < -0.3 is 9.55 Å². The van der Waals surface area contributed by atoms with Gasteiger partial charge in [0.1, 0.15) is 5.82 Å². The van der Waals surface area contributed by atoms with Crippen LogP contribution in [-0.4, -0.2) is 20.3 Å². The molecule has 0 bridgehead atoms. The van der Waals surface area contributed by atoms with Gasteiger partial charge in [-0.05, 0) is 61.9 Å². The molecule has 154 valence electrons. The summed E-state index contributed by atoms with van der Waals surface area (Å²) < 4.78 is 2.10. The Morgan fingerprint density at radius 2 is 1.72 bits per heavy atom. The van der Waals surface area contributed by atoms with Crippen molar-refractivity contribution in [3.63, 3.8) is 0 Å². The third-order valence-corrected chi connectivity index (χ3v) is 5.73. The number of nitrogens with one attached hydrogen (secondary N) is 1. The summed E-state index contributed by atoms with van der Waals surface area (Å²) in [5.74, 6) is 0.759. The van der Waals surface area contributed by atoms with Crippen LogP contribution in [0.2, 0.25) is 0 Å². The van der Waals surface area contributed by atoms with E-state index in [4.69, 9.17) is 10.2 Å². The third-order valence-electron chi connectivity index (χ3n) is 5.73. The van der Waals surface area contributed by atoms with Crippen molar-refractivity contribution in [1.82, 2.24) is 14.5 Å². The fourth-order valence-corrected chi connectivity index (χ4v) is 4.11. The molecule has 0 aliphatic rings. The highest BCUT2D eigenvalue weighted by Gasteiger charge is 2.17. The van der Waals surface area contributed by atoms with Gasteiger partial charge in [-0.25, -0.2) is 4.98 Å². The van der Waals surface area contributed by atoms with Crippen molar-refractivity contribution in [2.45, 2.75) is 13.8 Å². The van der Waals surface area contributed by atoms with Crippen molar-refractivity contribution in [3.8, 4) is 23.1 Å². The SMILES string of the molecule is Cc1cn(-c2ccc(C#N)cc2)c(C)c1-c1nc2ccc(C(=O)c3ccccc3)cc2[nH]1. The highest BCUT2D eigenvalue weighted by atomic mass is 16.1. The monoisotopic (exact) mass is 416 g/mol. The molecule has 0 aliphatic carbocycles. The number of aromatic nitrogens is 3. The minimum absolute atomic E-state index is 0.0111. The van der Waals surface area contributed by atoms with Crippen LogP contribution in [0.25, 0.3) is 28.1 Å². The van der Waals surface area contributed by atoms with Crippen molar-refractivity contribution in [2.75, 3.05) is 0 Å². The smallest absolute Gasteiger partial charge is 0.193 e. The number of H-pyrrole nitrogens is 1. The van der Waals surface area contributed by atoms with Gasteiger partial charge in [0.05, 0.1) is 22.7 Å². The van der Waals surface area contributed by atoms with Crippen LogP contribution >= 0.6 is 0 Å². The first-order valence-electron chi connectivity index (χ1n) is 10.3. The fraction of sp³-hybridized carbons (Fsp3) is 0.0741. The van der Waals surface area contributed by atoms with E-state index in [0.29, 0.717) is 16.7 Å². The van der Waals surface area contributed by atoms with E-state index < -0.39 is 0 Å². The van der Waals surface area contributed by atoms with Crippen LogP contribution in [0.15, 0.2) is 79.0 Å². The summed E-state index contributed by atoms with van der Waals surface area (Å²) in [5, 5.41) is 9.05. The first-order chi connectivity index (χ1) is 15.5. The molecular weight excluding hydrogens is 396 g/mol. The molecule has 2 heterocycles. The number of carbonyl (C=O) groups excluding carboxylic acids is 1. The molecule has 5 aromatic rings. The van der Waals surface area contributed by atoms with Gasteiger partial charge in [-0.2, -0.15) is 5.26 Å². The lowest BCUT2D eigenvalue weighted by molar-refractivity contribution is 0.103. The van der Waals surface area contributed by atoms with Gasteiger partial charge in [-0.3, -0.25) is 4.79 Å². The maximum atomic E-state index is 12.8. The molecule has 3 aromatic carbocycles. The third kappa shape index (κ3) is 3.28. The Morgan fingerprint density at radius 1 is 0.969 bits per heavy atom. The largest absolute Gasteiger partial charge is 0.338 e. The van der Waals surface area contributed by atoms with E-state index in [0.717, 1.165) is 39.4 Å². The van der Waals surface area contributed by atoms with Crippen LogP contribution in [0.3, 0.4) is 0 Å². The number of aryl methyl sites for hydroxylation is 1. The molecule has 2 aromatic heterocycles. The van der Waals surface area contributed by atoms with Gasteiger partial charge in [0.2, 0.25) is 0 Å². The summed E-state index contributed by atoms with van der Waals surface area (Å²) in [5.41, 5.74) is 7.72. The summed E-state index contributed by atoms with van der Waals surface area (Å²) >= 11 is 0. The second-order valence-corrected chi connectivity index (χ2v) is 7.81. The zero-order valence-corrected chi connectivity index (χ0v) is 17.8. The zero-order valence-electron chi connectivity index (χ0n) is 17.8. The van der Waals surface area contributed by atoms with Crippen LogP contribution in [0.5, 0.6) is 0 Å². The summed E-state index contributed by atoms with van der Waals surface area (Å²) in [6.45, 7) is 4.11. The molecule has 0 amide bonds. The maximum absolute atomic E-state index is 12.8. The average Bonchev–Trinajstić information content (AvgIpc) is 3.38. The molecule has 0 saturated heterocycles. The minimum Gasteiger partial charge on any atom is -0.338 e. The molecule has 5 nitrogen and oxygen atoms in total. The van der Waals surface area contributed by atoms with Crippen LogP contribution in [0, 0.1) is 25.2 Å². The van der Waals surface area contributed by atoms with E-state index in [1.807, 2.05) is 72.8 Å². The second-order valence-electron chi connectivity index (χ2n) is 7.81. The Bertz CT molecular complexity index is 1500. The van der Waals surface area contributed by atoms with Crippen molar-refractivity contribution >= 4 is 16.8 Å². The van der Waals surface area contributed by atoms with Crippen molar-refractivity contribution in [2.24, 2.45) is 0 Å². The Balaban J connectivity index is 1.54. The van der Waals surface area contributed by atoms with Gasteiger partial charge >= 0.3 is 0 Å². The number of fused-ring (bicyclic) bond motifs is 1. The van der Waals surface area contributed by atoms with E-state index >= 15 is 0 Å². The van der Waals surface area contributed by atoms with Gasteiger partial charge in [-0.1, -0.05) is 30.3 Å². The summed E-state index contributed by atoms with van der Waals surface area (Å²) in [6, 6.07) is 24.5. The molecule has 5 rings (SSSR count). The number of nitrogens with zero attached hydrogens (tertiary/aromatic N) is 3. The lowest BCUT2D eigenvalue weighted by Crippen LogP contribution is -2.00. The number of nitriles is 1. The van der Waals surface area contributed by atoms with E-state index in [9.17, 15) is 4.79 Å². The molecule has 0 aliphatic heterocycles. The van der Waals surface area contributed by atoms with E-state index in [2.05, 4.69) is 35.7 Å². The lowest BCUT2D eigenvalue weighted by atomic mass is 10.0. The van der Waals surface area contributed by atoms with Crippen LogP contribution in [0.4, 0.5) is 0 Å². The average molecular weight is 416 g/mol. The highest BCUT2D eigenvalue weighted by molar-refractivity contribution is 6.10. The van der Waals surface area contributed by atoms with Crippen molar-refractivity contribution in [1.29, 1.82) is 5.26 Å². The molecule has 1 N–H and O–H groups in total. The molecule has 0 spiro atoms. The molecule has 0 fully saturated rings. The molecule has 0 radical (unpaired) electrons. The zero-order chi connectivity index (χ0) is 22.2. The van der Waals surface area contributed by atoms with Crippen LogP contribution in [-0.2, 0) is 0 Å². The molecule has 0 saturated carbocycles. The summed E-state index contributed by atoms with van der Waals surface area (Å²) in [7, 11) is 0. The molecule has 5 heteroatoms. The maximum Gasteiger partial charge on any atom is 0.193 e. The predicted octanol–water partition coefficient (Wildman–Crippen LogP) is 5.74. The molecule has 32 heavy (non-hydrogen) atoms. The van der Waals surface area contributed by atoms with E-state index in [1.54, 1.807) is 0 Å². The minimum atomic E-state index is -0.0111. The van der Waals surface area contributed by atoms with Gasteiger partial charge in [0.15, 0.2) is 5.78 Å². The predicted molar refractivity (Wildman–Crippen MR) is 125 cm³/mol. The number of hydrogen-bond acceptors (Lipinski definition) is 3. The van der Waals surface area contributed by atoms with Gasteiger partial charge in [-0.15, -0.1) is 0 Å². The Labute approximate surface area is 185 Å². The summed E-state index contributed by atoms with van der Waals surface area (Å²) in [4.78, 5) is 21.0. The van der Waals surface area contributed by atoms with Gasteiger partial charge in [0.25, 0.3) is 0 Å². The molecular formula is C27H20N4O. The fourth-order valence-electron chi connectivity index (χ4n) is 4.11. The quantitative estimate of drug-likeness (QED) is 0.380. The van der Waals surface area contributed by atoms with E-state index in [-0.39, 0.29) is 5.78 Å². The van der Waals surface area contributed by atoms with Crippen molar-refractivity contribution < 1.29 is 4.79 Å². The second kappa shape index (κ2) is 7.68. The van der Waals surface area contributed by atoms with Crippen LogP contribution < -0.4 is 0 Å². The number of aromatic amines is 1. The molecule has 0 unspecified atom stereocenters. The first-order valence-corrected chi connectivity index (χ1v) is 10.3. The topological polar surface area (TPSA) is 74.5 Å². The number of rotatable bonds is 4. The summed E-state index contributed by atoms with van der Waals surface area (Å²) in [6.07, 6.45) is 2.07. The normalized spacial score (nSPS) is 10.9. The van der Waals surface area contributed by atoms with Crippen LogP contribution in [0.1, 0.15) is 32.7 Å². The number of hydrogen-bond donors (Lipinski definition) is 1.